The highest BCUT2D eigenvalue weighted by molar-refractivity contribution is 5.71. The lowest BCUT2D eigenvalue weighted by molar-refractivity contribution is -0.275. The van der Waals surface area contributed by atoms with Crippen molar-refractivity contribution in [3.63, 3.8) is 0 Å². The molecule has 0 spiro atoms. The minimum atomic E-state index is -1.12. The zero-order chi connectivity index (χ0) is 35.6. The molecule has 0 amide bonds. The van der Waals surface area contributed by atoms with Crippen LogP contribution in [0.1, 0.15) is 135 Å². The lowest BCUT2D eigenvalue weighted by Crippen LogP contribution is -2.56. The van der Waals surface area contributed by atoms with E-state index in [-0.39, 0.29) is 18.8 Å². The molecule has 276 valence electrons. The maximum atomic E-state index is 12.7. The number of carbonyl (C=O) groups excluding carboxylic acids is 1. The van der Waals surface area contributed by atoms with Crippen molar-refractivity contribution in [3.05, 3.63) is 22.3 Å². The second-order valence-corrected chi connectivity index (χ2v) is 15.7. The van der Waals surface area contributed by atoms with Crippen molar-refractivity contribution in [1.29, 1.82) is 0 Å². The summed E-state index contributed by atoms with van der Waals surface area (Å²) in [5.41, 5.74) is 3.96. The van der Waals surface area contributed by atoms with Gasteiger partial charge in [-0.1, -0.05) is 79.6 Å². The first-order chi connectivity index (χ1) is 22.7. The molecule has 48 heavy (non-hydrogen) atoms. The van der Waals surface area contributed by atoms with Crippen LogP contribution in [0.4, 0.5) is 0 Å². The molecule has 8 atom stereocenters. The fourth-order valence-electron chi connectivity index (χ4n) is 7.47. The van der Waals surface area contributed by atoms with E-state index in [0.717, 1.165) is 65.0 Å². The SMILES string of the molecule is CCO[C@@H]1C(C)C(O)OC(COC(=O)COc2c(C)c(C)c3c(c2C)CC[C@](C)(CCC[C@@H](C)CCC[C@@H](C)CCCC(C)C)O3)[C@H]1O. The Bertz CT molecular complexity index is 1150. The second-order valence-electron chi connectivity index (χ2n) is 15.7. The lowest BCUT2D eigenvalue weighted by Gasteiger charge is -2.41. The minimum Gasteiger partial charge on any atom is -0.487 e. The largest absolute Gasteiger partial charge is 0.487 e. The van der Waals surface area contributed by atoms with Crippen LogP contribution in [-0.4, -0.2) is 66.2 Å². The van der Waals surface area contributed by atoms with Gasteiger partial charge in [-0.15, -0.1) is 0 Å². The van der Waals surface area contributed by atoms with E-state index in [9.17, 15) is 15.0 Å². The molecule has 0 radical (unpaired) electrons. The van der Waals surface area contributed by atoms with Crippen LogP contribution in [0.3, 0.4) is 0 Å². The summed E-state index contributed by atoms with van der Waals surface area (Å²) in [7, 11) is 0. The molecule has 2 heterocycles. The summed E-state index contributed by atoms with van der Waals surface area (Å²) in [6.45, 7) is 21.3. The van der Waals surface area contributed by atoms with Crippen LogP contribution in [-0.2, 0) is 25.4 Å². The van der Waals surface area contributed by atoms with Crippen LogP contribution in [0.5, 0.6) is 11.5 Å². The van der Waals surface area contributed by atoms with Crippen LogP contribution in [0.2, 0.25) is 0 Å². The van der Waals surface area contributed by atoms with E-state index in [0.29, 0.717) is 12.4 Å². The zero-order valence-electron chi connectivity index (χ0n) is 31.9. The fourth-order valence-corrected chi connectivity index (χ4v) is 7.47. The van der Waals surface area contributed by atoms with Crippen molar-refractivity contribution >= 4 is 5.97 Å². The number of fused-ring (bicyclic) bond motifs is 1. The Kier molecular flexibility index (Phi) is 16.0. The van der Waals surface area contributed by atoms with E-state index in [1.54, 1.807) is 6.92 Å². The predicted molar refractivity (Wildman–Crippen MR) is 191 cm³/mol. The van der Waals surface area contributed by atoms with Gasteiger partial charge in [0.15, 0.2) is 12.9 Å². The highest BCUT2D eigenvalue weighted by Crippen LogP contribution is 2.45. The van der Waals surface area contributed by atoms with Gasteiger partial charge in [0.1, 0.15) is 35.9 Å². The number of aliphatic hydroxyl groups is 2. The molecule has 1 aromatic rings. The molecule has 1 aromatic carbocycles. The van der Waals surface area contributed by atoms with Crippen molar-refractivity contribution in [1.82, 2.24) is 0 Å². The summed E-state index contributed by atoms with van der Waals surface area (Å²) < 4.78 is 29.4. The van der Waals surface area contributed by atoms with E-state index >= 15 is 0 Å². The molecule has 0 aliphatic carbocycles. The van der Waals surface area contributed by atoms with E-state index in [2.05, 4.69) is 41.5 Å². The number of carbonyl (C=O) groups is 1. The molecule has 2 aliphatic heterocycles. The first kappa shape index (κ1) is 40.6. The summed E-state index contributed by atoms with van der Waals surface area (Å²) >= 11 is 0. The molecular weight excluding hydrogens is 608 g/mol. The maximum Gasteiger partial charge on any atom is 0.344 e. The summed E-state index contributed by atoms with van der Waals surface area (Å²) in [6.07, 6.45) is 9.76. The van der Waals surface area contributed by atoms with Crippen LogP contribution >= 0.6 is 0 Å². The van der Waals surface area contributed by atoms with Crippen LogP contribution in [0.25, 0.3) is 0 Å². The van der Waals surface area contributed by atoms with Crippen molar-refractivity contribution in [2.45, 2.75) is 170 Å². The standard InChI is InChI=1S/C40H68O8/c1-11-44-38-31(9)39(43)47-33(35(38)42)23-45-34(41)24-46-36-28(6)29(7)37-32(30(36)8)20-22-40(10,48-37)21-14-19-27(5)18-13-17-26(4)16-12-15-25(2)3/h25-27,31,33,35,38-39,42-43H,11-24H2,1-10H3/t26-,27-,31?,33?,35+,38+,39?,40-/m0/s1. The lowest BCUT2D eigenvalue weighted by atomic mass is 9.83. The number of esters is 1. The van der Waals surface area contributed by atoms with Gasteiger partial charge in [-0.05, 0) is 94.7 Å². The Morgan fingerprint density at radius 2 is 1.56 bits per heavy atom. The molecular formula is C40H68O8. The predicted octanol–water partition coefficient (Wildman–Crippen LogP) is 8.18. The van der Waals surface area contributed by atoms with Gasteiger partial charge in [-0.2, -0.15) is 0 Å². The molecule has 3 unspecified atom stereocenters. The molecule has 2 N–H and O–H groups in total. The zero-order valence-corrected chi connectivity index (χ0v) is 31.9. The summed E-state index contributed by atoms with van der Waals surface area (Å²) in [5.74, 6) is 3.07. The first-order valence-corrected chi connectivity index (χ1v) is 18.9. The van der Waals surface area contributed by atoms with Gasteiger partial charge in [-0.3, -0.25) is 0 Å². The van der Waals surface area contributed by atoms with Gasteiger partial charge in [0, 0.05) is 18.1 Å². The Hall–Kier alpha value is -1.87. The van der Waals surface area contributed by atoms with Gasteiger partial charge in [0.2, 0.25) is 0 Å². The topological polar surface area (TPSA) is 104 Å². The Morgan fingerprint density at radius 1 is 0.938 bits per heavy atom. The summed E-state index contributed by atoms with van der Waals surface area (Å²) in [6, 6.07) is 0. The van der Waals surface area contributed by atoms with Crippen molar-refractivity contribution in [2.75, 3.05) is 19.8 Å². The Morgan fingerprint density at radius 3 is 2.19 bits per heavy atom. The number of aliphatic hydroxyl groups excluding tert-OH is 2. The van der Waals surface area contributed by atoms with Gasteiger partial charge in [-0.25, -0.2) is 4.79 Å². The normalized spacial score (nSPS) is 26.9. The smallest absolute Gasteiger partial charge is 0.344 e. The second kappa shape index (κ2) is 18.9. The molecule has 2 aliphatic rings. The van der Waals surface area contributed by atoms with Crippen LogP contribution in [0, 0.1) is 44.4 Å². The van der Waals surface area contributed by atoms with E-state index in [1.165, 1.54) is 51.4 Å². The molecule has 0 aromatic heterocycles. The number of rotatable bonds is 19. The molecule has 8 nitrogen and oxygen atoms in total. The molecule has 1 fully saturated rings. The fraction of sp³-hybridized carbons (Fsp3) is 0.825. The molecule has 8 heteroatoms. The quantitative estimate of drug-likeness (QED) is 0.142. The number of benzene rings is 1. The molecule has 3 rings (SSSR count). The number of ether oxygens (including phenoxy) is 5. The highest BCUT2D eigenvalue weighted by atomic mass is 16.6. The van der Waals surface area contributed by atoms with E-state index in [1.807, 2.05) is 20.8 Å². The highest BCUT2D eigenvalue weighted by Gasteiger charge is 2.43. The van der Waals surface area contributed by atoms with Crippen molar-refractivity contribution < 1.29 is 38.7 Å². The van der Waals surface area contributed by atoms with E-state index in [4.69, 9.17) is 23.7 Å². The minimum absolute atomic E-state index is 0.189. The Labute approximate surface area is 291 Å². The average Bonchev–Trinajstić information content (AvgIpc) is 3.02. The van der Waals surface area contributed by atoms with Crippen molar-refractivity contribution in [2.24, 2.45) is 23.7 Å². The number of hydrogen-bond acceptors (Lipinski definition) is 8. The van der Waals surface area contributed by atoms with Gasteiger partial charge in [0.25, 0.3) is 0 Å². The van der Waals surface area contributed by atoms with E-state index < -0.39 is 36.5 Å². The number of hydrogen-bond donors (Lipinski definition) is 2. The van der Waals surface area contributed by atoms with Crippen molar-refractivity contribution in [3.8, 4) is 11.5 Å². The first-order valence-electron chi connectivity index (χ1n) is 18.9. The average molecular weight is 677 g/mol. The Balaban J connectivity index is 1.48. The van der Waals surface area contributed by atoms with Crippen LogP contribution < -0.4 is 9.47 Å². The monoisotopic (exact) mass is 676 g/mol. The van der Waals surface area contributed by atoms with Gasteiger partial charge < -0.3 is 33.9 Å². The van der Waals surface area contributed by atoms with Gasteiger partial charge in [0.05, 0.1) is 6.10 Å². The third-order valence-electron chi connectivity index (χ3n) is 10.9. The van der Waals surface area contributed by atoms with Crippen LogP contribution in [0.15, 0.2) is 0 Å². The molecule has 0 saturated carbocycles. The summed E-state index contributed by atoms with van der Waals surface area (Å²) in [4.78, 5) is 12.7. The molecule has 0 bridgehead atoms. The third-order valence-corrected chi connectivity index (χ3v) is 10.9. The third kappa shape index (κ3) is 11.3. The van der Waals surface area contributed by atoms with Gasteiger partial charge >= 0.3 is 5.97 Å². The maximum absolute atomic E-state index is 12.7. The molecule has 1 saturated heterocycles. The summed E-state index contributed by atoms with van der Waals surface area (Å²) in [5, 5.41) is 20.9.